The summed E-state index contributed by atoms with van der Waals surface area (Å²) in [5, 5.41) is 9.99. The van der Waals surface area contributed by atoms with Crippen LogP contribution in [0.3, 0.4) is 0 Å². The van der Waals surface area contributed by atoms with Crippen LogP contribution in [0.1, 0.15) is 13.8 Å². The Morgan fingerprint density at radius 2 is 1.43 bits per heavy atom. The van der Waals surface area contributed by atoms with Crippen LogP contribution in [-0.2, 0) is 0 Å². The Morgan fingerprint density at radius 3 is 1.43 bits per heavy atom. The van der Waals surface area contributed by atoms with Gasteiger partial charge in [0.1, 0.15) is 0 Å². The molecule has 0 aromatic rings. The molecule has 0 rings (SSSR count). The average Bonchev–Trinajstić information content (AvgIpc) is 0.722. The molecule has 0 amide bonds. The van der Waals surface area contributed by atoms with E-state index in [1.54, 1.807) is 0 Å². The largest absolute Gasteiger partial charge is 1.00 e. The van der Waals surface area contributed by atoms with E-state index in [-0.39, 0.29) is 70.2 Å². The summed E-state index contributed by atoms with van der Waals surface area (Å²) in [6, 6.07) is 0. The predicted octanol–water partition coefficient (Wildman–Crippen LogP) is -6.03. The van der Waals surface area contributed by atoms with Crippen LogP contribution in [0.2, 0.25) is 0 Å². The molecular formula is C4H8KLiO. The fourth-order valence-corrected chi connectivity index (χ4v) is 0. The molecule has 0 bridgehead atoms. The van der Waals surface area contributed by atoms with Crippen molar-refractivity contribution in [3.8, 4) is 0 Å². The van der Waals surface area contributed by atoms with E-state index in [0.29, 0.717) is 0 Å². The van der Waals surface area contributed by atoms with Gasteiger partial charge < -0.3 is 12.0 Å². The van der Waals surface area contributed by atoms with Gasteiger partial charge in [-0.15, -0.1) is 13.8 Å². The Balaban J connectivity index is -0.0000000800. The maximum Gasteiger partial charge on any atom is 1.00 e. The third-order valence-electron chi connectivity index (χ3n) is 0. The van der Waals surface area contributed by atoms with E-state index in [1.807, 2.05) is 0 Å². The van der Waals surface area contributed by atoms with Crippen molar-refractivity contribution in [2.75, 3.05) is 0 Å². The topological polar surface area (TPSA) is 23.1 Å². The van der Waals surface area contributed by atoms with Crippen molar-refractivity contribution >= 4 is 0 Å². The van der Waals surface area contributed by atoms with Gasteiger partial charge >= 0.3 is 70.2 Å². The molecule has 0 spiro atoms. The van der Waals surface area contributed by atoms with Gasteiger partial charge in [0.15, 0.2) is 0 Å². The van der Waals surface area contributed by atoms with Gasteiger partial charge in [0.2, 0.25) is 0 Å². The molecule has 7 heavy (non-hydrogen) atoms. The monoisotopic (exact) mass is 118 g/mol. The van der Waals surface area contributed by atoms with Gasteiger partial charge in [0, 0.05) is 0 Å². The Morgan fingerprint density at radius 1 is 1.43 bits per heavy atom. The van der Waals surface area contributed by atoms with Gasteiger partial charge in [-0.2, -0.15) is 0 Å². The first-order chi connectivity index (χ1) is 2.00. The summed E-state index contributed by atoms with van der Waals surface area (Å²) in [5.74, 6) is 0. The SMILES string of the molecule is [CH2-]C(C)(C)[O-].[K+].[Li+]. The molecule has 0 heterocycles. The molecule has 0 N–H and O–H groups in total. The zero-order valence-electron chi connectivity index (χ0n) is 5.62. The summed E-state index contributed by atoms with van der Waals surface area (Å²) in [5.41, 5.74) is -1.00. The van der Waals surface area contributed by atoms with Crippen molar-refractivity contribution < 1.29 is 75.4 Å². The van der Waals surface area contributed by atoms with Gasteiger partial charge in [-0.1, -0.05) is 0 Å². The van der Waals surface area contributed by atoms with Gasteiger partial charge in [-0.3, -0.25) is 5.60 Å². The van der Waals surface area contributed by atoms with Crippen LogP contribution >= 0.6 is 0 Å². The number of hydrogen-bond donors (Lipinski definition) is 0. The van der Waals surface area contributed by atoms with Crippen molar-refractivity contribution in [3.05, 3.63) is 6.92 Å². The third-order valence-corrected chi connectivity index (χ3v) is 0. The molecule has 1 nitrogen and oxygen atoms in total. The summed E-state index contributed by atoms with van der Waals surface area (Å²) in [6.07, 6.45) is 0. The van der Waals surface area contributed by atoms with Crippen molar-refractivity contribution in [1.29, 1.82) is 0 Å². The molecule has 3 heteroatoms. The van der Waals surface area contributed by atoms with Gasteiger partial charge in [-0.05, 0) is 0 Å². The molecule has 0 aromatic heterocycles. The van der Waals surface area contributed by atoms with Crippen molar-refractivity contribution in [3.63, 3.8) is 0 Å². The second-order valence-electron chi connectivity index (χ2n) is 1.76. The molecule has 0 fully saturated rings. The third kappa shape index (κ3) is 65.3. The Labute approximate surface area is 99.8 Å². The van der Waals surface area contributed by atoms with Crippen molar-refractivity contribution in [2.24, 2.45) is 0 Å². The molecule has 0 saturated heterocycles. The minimum absolute atomic E-state index is 0. The summed E-state index contributed by atoms with van der Waals surface area (Å²) in [4.78, 5) is 0. The summed E-state index contributed by atoms with van der Waals surface area (Å²) in [6.45, 7) is 6.26. The standard InChI is InChI=1S/C4H8O.K.Li/c1-4(2,3)5;;/h1H2,2-3H3;;/q-2;2*+1. The van der Waals surface area contributed by atoms with Crippen molar-refractivity contribution in [1.82, 2.24) is 0 Å². The molecule has 0 aliphatic rings. The molecular weight excluding hydrogens is 110 g/mol. The molecule has 0 radical (unpaired) electrons. The van der Waals surface area contributed by atoms with Gasteiger partial charge in [0.05, 0.1) is 0 Å². The predicted molar refractivity (Wildman–Crippen MR) is 19.4 cm³/mol. The van der Waals surface area contributed by atoms with E-state index in [0.717, 1.165) is 0 Å². The zero-order chi connectivity index (χ0) is 4.50. The van der Waals surface area contributed by atoms with Crippen LogP contribution in [0, 0.1) is 6.92 Å². The molecule has 32 valence electrons. The van der Waals surface area contributed by atoms with Crippen LogP contribution in [0.5, 0.6) is 0 Å². The van der Waals surface area contributed by atoms with Crippen molar-refractivity contribution in [2.45, 2.75) is 19.4 Å². The average molecular weight is 118 g/mol. The first-order valence-corrected chi connectivity index (χ1v) is 1.56. The van der Waals surface area contributed by atoms with Gasteiger partial charge in [0.25, 0.3) is 0 Å². The van der Waals surface area contributed by atoms with E-state index in [9.17, 15) is 5.11 Å². The summed E-state index contributed by atoms with van der Waals surface area (Å²) < 4.78 is 0. The van der Waals surface area contributed by atoms with E-state index in [1.165, 1.54) is 13.8 Å². The molecule has 0 aliphatic carbocycles. The Hall–Kier alpha value is 2.19. The van der Waals surface area contributed by atoms with Crippen LogP contribution in [-0.4, -0.2) is 5.60 Å². The maximum atomic E-state index is 9.99. The second kappa shape index (κ2) is 6.32. The smallest absolute Gasteiger partial charge is 0.874 e. The second-order valence-corrected chi connectivity index (χ2v) is 1.76. The molecule has 0 unspecified atom stereocenters. The Kier molecular flexibility index (Phi) is 14.5. The van der Waals surface area contributed by atoms with Crippen LogP contribution in [0.4, 0.5) is 0 Å². The Bertz CT molecular complexity index is 27.2. The molecule has 0 aromatic carbocycles. The van der Waals surface area contributed by atoms with E-state index in [2.05, 4.69) is 6.92 Å². The maximum absolute atomic E-state index is 9.99. The number of hydrogen-bond acceptors (Lipinski definition) is 1. The number of rotatable bonds is 0. The van der Waals surface area contributed by atoms with Crippen LogP contribution in [0.15, 0.2) is 0 Å². The van der Waals surface area contributed by atoms with Crippen LogP contribution in [0.25, 0.3) is 0 Å². The van der Waals surface area contributed by atoms with E-state index < -0.39 is 5.60 Å². The summed E-state index contributed by atoms with van der Waals surface area (Å²) in [7, 11) is 0. The first-order valence-electron chi connectivity index (χ1n) is 1.56. The molecule has 0 saturated carbocycles. The van der Waals surface area contributed by atoms with Crippen LogP contribution < -0.4 is 75.4 Å². The molecule has 0 atom stereocenters. The molecule has 0 aliphatic heterocycles. The van der Waals surface area contributed by atoms with E-state index in [4.69, 9.17) is 0 Å². The fourth-order valence-electron chi connectivity index (χ4n) is 0. The summed E-state index contributed by atoms with van der Waals surface area (Å²) >= 11 is 0. The minimum Gasteiger partial charge on any atom is -0.874 e. The first kappa shape index (κ1) is 16.1. The quantitative estimate of drug-likeness (QED) is 0.229. The minimum atomic E-state index is -1.00. The van der Waals surface area contributed by atoms with E-state index >= 15 is 0 Å². The normalized spacial score (nSPS) is 8.57. The zero-order valence-corrected chi connectivity index (χ0v) is 8.74. The fraction of sp³-hybridized carbons (Fsp3) is 0.750. The van der Waals surface area contributed by atoms with Gasteiger partial charge in [-0.25, -0.2) is 0 Å².